The smallest absolute Gasteiger partial charge is 0.320 e. The SMILES string of the molecule is CCN(Cc1ccccc1)C(=O)N1CCC(C)(C(=O)O)C1. The van der Waals surface area contributed by atoms with Crippen LogP contribution in [0.2, 0.25) is 0 Å². The molecule has 1 aromatic carbocycles. The molecule has 1 atom stereocenters. The van der Waals surface area contributed by atoms with Crippen LogP contribution in [0, 0.1) is 5.41 Å². The van der Waals surface area contributed by atoms with Gasteiger partial charge in [0.15, 0.2) is 0 Å². The van der Waals surface area contributed by atoms with Crippen LogP contribution in [0.15, 0.2) is 30.3 Å². The maximum absolute atomic E-state index is 12.6. The third-order valence-electron chi connectivity index (χ3n) is 4.13. The molecule has 0 radical (unpaired) electrons. The summed E-state index contributed by atoms with van der Waals surface area (Å²) in [5.74, 6) is -0.830. The van der Waals surface area contributed by atoms with Crippen molar-refractivity contribution in [2.75, 3.05) is 19.6 Å². The largest absolute Gasteiger partial charge is 0.481 e. The van der Waals surface area contributed by atoms with Crippen molar-refractivity contribution in [2.45, 2.75) is 26.8 Å². The molecule has 0 bridgehead atoms. The van der Waals surface area contributed by atoms with Crippen LogP contribution in [0.25, 0.3) is 0 Å². The van der Waals surface area contributed by atoms with E-state index in [0.717, 1.165) is 5.56 Å². The molecule has 0 spiro atoms. The average Bonchev–Trinajstić information content (AvgIpc) is 2.89. The van der Waals surface area contributed by atoms with Gasteiger partial charge >= 0.3 is 12.0 Å². The third-order valence-corrected chi connectivity index (χ3v) is 4.13. The van der Waals surface area contributed by atoms with E-state index < -0.39 is 11.4 Å². The number of amides is 2. The fraction of sp³-hybridized carbons (Fsp3) is 0.500. The van der Waals surface area contributed by atoms with Gasteiger partial charge in [0.05, 0.1) is 5.41 Å². The van der Waals surface area contributed by atoms with Gasteiger partial charge in [0.25, 0.3) is 0 Å². The van der Waals surface area contributed by atoms with E-state index in [-0.39, 0.29) is 12.6 Å². The third kappa shape index (κ3) is 3.35. The molecule has 21 heavy (non-hydrogen) atoms. The van der Waals surface area contributed by atoms with Crippen molar-refractivity contribution in [3.05, 3.63) is 35.9 Å². The fourth-order valence-corrected chi connectivity index (χ4v) is 2.62. The van der Waals surface area contributed by atoms with Gasteiger partial charge in [0, 0.05) is 26.2 Å². The standard InChI is InChI=1S/C16H22N2O3/c1-3-17(11-13-7-5-4-6-8-13)15(21)18-10-9-16(2,12-18)14(19)20/h4-8H,3,9-12H2,1-2H3,(H,19,20). The Morgan fingerprint density at radius 2 is 2.00 bits per heavy atom. The quantitative estimate of drug-likeness (QED) is 0.926. The van der Waals surface area contributed by atoms with E-state index in [1.165, 1.54) is 0 Å². The number of benzene rings is 1. The first kappa shape index (κ1) is 15.4. The summed E-state index contributed by atoms with van der Waals surface area (Å²) >= 11 is 0. The summed E-state index contributed by atoms with van der Waals surface area (Å²) in [5, 5.41) is 9.25. The van der Waals surface area contributed by atoms with Crippen LogP contribution in [0.3, 0.4) is 0 Å². The molecule has 2 amide bonds. The van der Waals surface area contributed by atoms with Crippen LogP contribution >= 0.6 is 0 Å². The van der Waals surface area contributed by atoms with E-state index >= 15 is 0 Å². The molecule has 114 valence electrons. The predicted molar refractivity (Wildman–Crippen MR) is 79.9 cm³/mol. The van der Waals surface area contributed by atoms with Crippen LogP contribution < -0.4 is 0 Å². The minimum atomic E-state index is -0.830. The van der Waals surface area contributed by atoms with Crippen molar-refractivity contribution < 1.29 is 14.7 Å². The molecular formula is C16H22N2O3. The zero-order valence-electron chi connectivity index (χ0n) is 12.6. The molecule has 0 saturated carbocycles. The van der Waals surface area contributed by atoms with Crippen molar-refractivity contribution >= 4 is 12.0 Å². The Labute approximate surface area is 125 Å². The summed E-state index contributed by atoms with van der Waals surface area (Å²) in [6, 6.07) is 9.74. The van der Waals surface area contributed by atoms with E-state index in [0.29, 0.717) is 26.1 Å². The monoisotopic (exact) mass is 290 g/mol. The first-order valence-corrected chi connectivity index (χ1v) is 7.27. The maximum Gasteiger partial charge on any atom is 0.320 e. The number of hydrogen-bond donors (Lipinski definition) is 1. The first-order valence-electron chi connectivity index (χ1n) is 7.27. The number of aliphatic carboxylic acids is 1. The lowest BCUT2D eigenvalue weighted by atomic mass is 9.90. The molecule has 1 aliphatic heterocycles. The summed E-state index contributed by atoms with van der Waals surface area (Å²) in [5.41, 5.74) is 0.259. The molecule has 0 aliphatic carbocycles. The Morgan fingerprint density at radius 3 is 2.52 bits per heavy atom. The summed E-state index contributed by atoms with van der Waals surface area (Å²) < 4.78 is 0. The highest BCUT2D eigenvalue weighted by molar-refractivity contribution is 5.79. The van der Waals surface area contributed by atoms with Gasteiger partial charge < -0.3 is 14.9 Å². The minimum Gasteiger partial charge on any atom is -0.481 e. The lowest BCUT2D eigenvalue weighted by molar-refractivity contribution is -0.147. The molecule has 1 saturated heterocycles. The fourth-order valence-electron chi connectivity index (χ4n) is 2.62. The number of hydrogen-bond acceptors (Lipinski definition) is 2. The number of carboxylic acids is 1. The molecule has 0 aromatic heterocycles. The van der Waals surface area contributed by atoms with E-state index in [4.69, 9.17) is 0 Å². The van der Waals surface area contributed by atoms with Crippen LogP contribution in [0.5, 0.6) is 0 Å². The summed E-state index contributed by atoms with van der Waals surface area (Å²) in [6.45, 7) is 5.59. The first-order chi connectivity index (χ1) is 9.96. The van der Waals surface area contributed by atoms with E-state index in [2.05, 4.69) is 0 Å². The van der Waals surface area contributed by atoms with Gasteiger partial charge in [0.2, 0.25) is 0 Å². The topological polar surface area (TPSA) is 60.9 Å². The number of carbonyl (C=O) groups is 2. The molecule has 1 unspecified atom stereocenters. The van der Waals surface area contributed by atoms with Gasteiger partial charge in [-0.1, -0.05) is 30.3 Å². The number of carbonyl (C=O) groups excluding carboxylic acids is 1. The molecule has 1 aromatic rings. The number of rotatable bonds is 4. The highest BCUT2D eigenvalue weighted by Gasteiger charge is 2.42. The summed E-state index contributed by atoms with van der Waals surface area (Å²) in [4.78, 5) is 27.2. The van der Waals surface area contributed by atoms with Crippen LogP contribution in [0.1, 0.15) is 25.8 Å². The molecular weight excluding hydrogens is 268 g/mol. The summed E-state index contributed by atoms with van der Waals surface area (Å²) in [7, 11) is 0. The lowest BCUT2D eigenvalue weighted by Crippen LogP contribution is -2.43. The Bertz CT molecular complexity index is 518. The van der Waals surface area contributed by atoms with Gasteiger partial charge in [-0.05, 0) is 25.8 Å². The van der Waals surface area contributed by atoms with Crippen molar-refractivity contribution in [1.82, 2.24) is 9.80 Å². The number of likely N-dealkylation sites (tertiary alicyclic amines) is 1. The highest BCUT2D eigenvalue weighted by atomic mass is 16.4. The molecule has 1 aliphatic rings. The van der Waals surface area contributed by atoms with Gasteiger partial charge in [0.1, 0.15) is 0 Å². The van der Waals surface area contributed by atoms with Gasteiger partial charge in [-0.25, -0.2) is 4.79 Å². The Hall–Kier alpha value is -2.04. The van der Waals surface area contributed by atoms with Gasteiger partial charge in [-0.15, -0.1) is 0 Å². The number of urea groups is 1. The van der Waals surface area contributed by atoms with Crippen molar-refractivity contribution in [3.63, 3.8) is 0 Å². The van der Waals surface area contributed by atoms with Crippen molar-refractivity contribution in [1.29, 1.82) is 0 Å². The predicted octanol–water partition coefficient (Wildman–Crippen LogP) is 2.43. The number of nitrogens with zero attached hydrogens (tertiary/aromatic N) is 2. The van der Waals surface area contributed by atoms with Crippen LogP contribution in [-0.4, -0.2) is 46.5 Å². The van der Waals surface area contributed by atoms with E-state index in [1.807, 2.05) is 37.3 Å². The van der Waals surface area contributed by atoms with Crippen molar-refractivity contribution in [3.8, 4) is 0 Å². The van der Waals surface area contributed by atoms with Crippen molar-refractivity contribution in [2.24, 2.45) is 5.41 Å². The van der Waals surface area contributed by atoms with E-state index in [9.17, 15) is 14.7 Å². The molecule has 1 N–H and O–H groups in total. The normalized spacial score (nSPS) is 21.3. The molecule has 2 rings (SSSR count). The van der Waals surface area contributed by atoms with Crippen LogP contribution in [0.4, 0.5) is 4.79 Å². The zero-order valence-corrected chi connectivity index (χ0v) is 12.6. The Kier molecular flexibility index (Phi) is 4.50. The van der Waals surface area contributed by atoms with Gasteiger partial charge in [-0.3, -0.25) is 4.79 Å². The van der Waals surface area contributed by atoms with E-state index in [1.54, 1.807) is 16.7 Å². The minimum absolute atomic E-state index is 0.0775. The zero-order chi connectivity index (χ0) is 15.5. The molecule has 5 nitrogen and oxygen atoms in total. The molecule has 5 heteroatoms. The van der Waals surface area contributed by atoms with Gasteiger partial charge in [-0.2, -0.15) is 0 Å². The number of carboxylic acid groups (broad SMARTS) is 1. The lowest BCUT2D eigenvalue weighted by Gasteiger charge is -2.28. The maximum atomic E-state index is 12.6. The molecule has 1 fully saturated rings. The second-order valence-corrected chi connectivity index (χ2v) is 5.82. The highest BCUT2D eigenvalue weighted by Crippen LogP contribution is 2.30. The van der Waals surface area contributed by atoms with Crippen LogP contribution in [-0.2, 0) is 11.3 Å². The Balaban J connectivity index is 2.03. The molecule has 1 heterocycles. The second kappa shape index (κ2) is 6.16. The second-order valence-electron chi connectivity index (χ2n) is 5.82. The summed E-state index contributed by atoms with van der Waals surface area (Å²) in [6.07, 6.45) is 0.511. The Morgan fingerprint density at radius 1 is 1.33 bits per heavy atom. The average molecular weight is 290 g/mol.